The Bertz CT molecular complexity index is 527. The van der Waals surface area contributed by atoms with Crippen molar-refractivity contribution in [3.8, 4) is 0 Å². The van der Waals surface area contributed by atoms with Crippen LogP contribution in [-0.2, 0) is 6.54 Å². The molecule has 2 aromatic heterocycles. The summed E-state index contributed by atoms with van der Waals surface area (Å²) in [6, 6.07) is 10.3. The fraction of sp³-hybridized carbons (Fsp3) is 0.375. The number of aromatic nitrogens is 2. The van der Waals surface area contributed by atoms with E-state index < -0.39 is 0 Å². The maximum Gasteiger partial charge on any atom is 0.0547 e. The number of rotatable bonds is 6. The molecule has 106 valence electrons. The Morgan fingerprint density at radius 3 is 2.70 bits per heavy atom. The molecule has 1 atom stereocenters. The summed E-state index contributed by atoms with van der Waals surface area (Å²) in [6.07, 6.45) is 3.68. The molecule has 0 bridgehead atoms. The van der Waals surface area contributed by atoms with Crippen molar-refractivity contribution in [3.05, 3.63) is 59.7 Å². The molecule has 0 saturated heterocycles. The van der Waals surface area contributed by atoms with Crippen LogP contribution in [0.2, 0.25) is 0 Å². The largest absolute Gasteiger partial charge is 0.329 e. The van der Waals surface area contributed by atoms with Crippen LogP contribution < -0.4 is 5.73 Å². The second kappa shape index (κ2) is 7.12. The van der Waals surface area contributed by atoms with Crippen molar-refractivity contribution >= 4 is 0 Å². The van der Waals surface area contributed by atoms with Crippen molar-refractivity contribution in [1.29, 1.82) is 0 Å². The highest BCUT2D eigenvalue weighted by molar-refractivity contribution is 5.16. The zero-order valence-corrected chi connectivity index (χ0v) is 12.2. The summed E-state index contributed by atoms with van der Waals surface area (Å²) >= 11 is 0. The van der Waals surface area contributed by atoms with Crippen LogP contribution in [0.3, 0.4) is 0 Å². The average molecular weight is 270 g/mol. The third-order valence-electron chi connectivity index (χ3n) is 3.45. The quantitative estimate of drug-likeness (QED) is 0.875. The van der Waals surface area contributed by atoms with Gasteiger partial charge < -0.3 is 5.73 Å². The van der Waals surface area contributed by atoms with E-state index in [2.05, 4.69) is 33.9 Å². The molecular weight excluding hydrogens is 248 g/mol. The van der Waals surface area contributed by atoms with Crippen molar-refractivity contribution in [3.63, 3.8) is 0 Å². The zero-order chi connectivity index (χ0) is 14.4. The highest BCUT2D eigenvalue weighted by Gasteiger charge is 2.18. The molecule has 4 heteroatoms. The van der Waals surface area contributed by atoms with Crippen molar-refractivity contribution < 1.29 is 0 Å². The molecule has 2 rings (SSSR count). The standard InChI is InChI=1S/C16H22N4/c1-3-20(12-15-8-4-6-13(2)19-15)16(10-17)14-7-5-9-18-11-14/h4-9,11,16H,3,10,12,17H2,1-2H3. The van der Waals surface area contributed by atoms with E-state index in [1.165, 1.54) is 0 Å². The van der Waals surface area contributed by atoms with Gasteiger partial charge in [-0.2, -0.15) is 0 Å². The molecule has 20 heavy (non-hydrogen) atoms. The Hall–Kier alpha value is -1.78. The van der Waals surface area contributed by atoms with Crippen LogP contribution in [-0.4, -0.2) is 28.0 Å². The summed E-state index contributed by atoms with van der Waals surface area (Å²) in [6.45, 7) is 6.46. The SMILES string of the molecule is CCN(Cc1cccc(C)n1)C(CN)c1cccnc1. The zero-order valence-electron chi connectivity index (χ0n) is 12.2. The molecule has 0 aliphatic rings. The van der Waals surface area contributed by atoms with Crippen LogP contribution in [0.5, 0.6) is 0 Å². The van der Waals surface area contributed by atoms with Crippen LogP contribution >= 0.6 is 0 Å². The number of pyridine rings is 2. The molecule has 0 saturated carbocycles. The van der Waals surface area contributed by atoms with Gasteiger partial charge >= 0.3 is 0 Å². The summed E-state index contributed by atoms with van der Waals surface area (Å²) < 4.78 is 0. The molecule has 0 amide bonds. The summed E-state index contributed by atoms with van der Waals surface area (Å²) in [5.74, 6) is 0. The Kier molecular flexibility index (Phi) is 5.21. The van der Waals surface area contributed by atoms with E-state index in [-0.39, 0.29) is 6.04 Å². The van der Waals surface area contributed by atoms with Gasteiger partial charge in [0.05, 0.1) is 5.69 Å². The molecule has 1 unspecified atom stereocenters. The first-order valence-electron chi connectivity index (χ1n) is 7.01. The van der Waals surface area contributed by atoms with Gasteiger partial charge in [0.2, 0.25) is 0 Å². The van der Waals surface area contributed by atoms with Gasteiger partial charge in [-0.15, -0.1) is 0 Å². The lowest BCUT2D eigenvalue weighted by Gasteiger charge is -2.29. The highest BCUT2D eigenvalue weighted by atomic mass is 15.2. The van der Waals surface area contributed by atoms with Crippen molar-refractivity contribution in [2.75, 3.05) is 13.1 Å². The molecule has 2 aromatic rings. The average Bonchev–Trinajstić information content (AvgIpc) is 2.48. The van der Waals surface area contributed by atoms with Gasteiger partial charge in [-0.25, -0.2) is 0 Å². The monoisotopic (exact) mass is 270 g/mol. The van der Waals surface area contributed by atoms with E-state index in [0.29, 0.717) is 6.54 Å². The second-order valence-corrected chi connectivity index (χ2v) is 4.87. The lowest BCUT2D eigenvalue weighted by atomic mass is 10.1. The molecule has 2 N–H and O–H groups in total. The predicted molar refractivity (Wildman–Crippen MR) is 81.1 cm³/mol. The Labute approximate surface area is 120 Å². The molecule has 0 aliphatic heterocycles. The predicted octanol–water partition coefficient (Wildman–Crippen LogP) is 2.31. The summed E-state index contributed by atoms with van der Waals surface area (Å²) in [7, 11) is 0. The van der Waals surface area contributed by atoms with E-state index in [1.807, 2.05) is 31.3 Å². The lowest BCUT2D eigenvalue weighted by Crippen LogP contribution is -2.33. The van der Waals surface area contributed by atoms with Gasteiger partial charge in [-0.1, -0.05) is 19.1 Å². The second-order valence-electron chi connectivity index (χ2n) is 4.87. The molecule has 4 nitrogen and oxygen atoms in total. The third kappa shape index (κ3) is 3.62. The Balaban J connectivity index is 2.18. The molecular formula is C16H22N4. The van der Waals surface area contributed by atoms with E-state index in [9.17, 15) is 0 Å². The number of hydrogen-bond acceptors (Lipinski definition) is 4. The van der Waals surface area contributed by atoms with E-state index in [4.69, 9.17) is 5.73 Å². The van der Waals surface area contributed by atoms with Crippen molar-refractivity contribution in [2.45, 2.75) is 26.4 Å². The molecule has 0 aromatic carbocycles. The van der Waals surface area contributed by atoms with Crippen LogP contribution in [0, 0.1) is 6.92 Å². The van der Waals surface area contributed by atoms with Crippen LogP contribution in [0.25, 0.3) is 0 Å². The van der Waals surface area contributed by atoms with Crippen molar-refractivity contribution in [1.82, 2.24) is 14.9 Å². The minimum absolute atomic E-state index is 0.177. The number of hydrogen-bond donors (Lipinski definition) is 1. The minimum Gasteiger partial charge on any atom is -0.329 e. The third-order valence-corrected chi connectivity index (χ3v) is 3.45. The fourth-order valence-corrected chi connectivity index (χ4v) is 2.41. The maximum atomic E-state index is 5.97. The van der Waals surface area contributed by atoms with Gasteiger partial charge in [0.25, 0.3) is 0 Å². The number of nitrogens with zero attached hydrogens (tertiary/aromatic N) is 3. The smallest absolute Gasteiger partial charge is 0.0547 e. The summed E-state index contributed by atoms with van der Waals surface area (Å²) in [4.78, 5) is 11.1. The maximum absolute atomic E-state index is 5.97. The van der Waals surface area contributed by atoms with Crippen LogP contribution in [0.4, 0.5) is 0 Å². The van der Waals surface area contributed by atoms with Gasteiger partial charge in [-0.05, 0) is 37.2 Å². The minimum atomic E-state index is 0.177. The fourth-order valence-electron chi connectivity index (χ4n) is 2.41. The molecule has 0 fully saturated rings. The van der Waals surface area contributed by atoms with E-state index in [0.717, 1.165) is 30.0 Å². The van der Waals surface area contributed by atoms with Gasteiger partial charge in [0, 0.05) is 37.2 Å². The molecule has 2 heterocycles. The molecule has 0 radical (unpaired) electrons. The first-order chi connectivity index (χ1) is 9.74. The first-order valence-corrected chi connectivity index (χ1v) is 7.01. The van der Waals surface area contributed by atoms with Gasteiger partial charge in [0.1, 0.15) is 0 Å². The topological polar surface area (TPSA) is 55.0 Å². The first kappa shape index (κ1) is 14.6. The van der Waals surface area contributed by atoms with Crippen LogP contribution in [0.1, 0.15) is 29.9 Å². The Morgan fingerprint density at radius 2 is 2.10 bits per heavy atom. The van der Waals surface area contributed by atoms with E-state index in [1.54, 1.807) is 6.20 Å². The molecule has 0 aliphatic carbocycles. The van der Waals surface area contributed by atoms with Crippen LogP contribution in [0.15, 0.2) is 42.7 Å². The Morgan fingerprint density at radius 1 is 1.25 bits per heavy atom. The number of likely N-dealkylation sites (N-methyl/N-ethyl adjacent to an activating group) is 1. The summed E-state index contributed by atoms with van der Waals surface area (Å²) in [5.41, 5.74) is 9.26. The van der Waals surface area contributed by atoms with Gasteiger partial charge in [0.15, 0.2) is 0 Å². The number of aryl methyl sites for hydroxylation is 1. The normalized spacial score (nSPS) is 12.6. The van der Waals surface area contributed by atoms with E-state index >= 15 is 0 Å². The lowest BCUT2D eigenvalue weighted by molar-refractivity contribution is 0.200. The highest BCUT2D eigenvalue weighted by Crippen LogP contribution is 2.20. The summed E-state index contributed by atoms with van der Waals surface area (Å²) in [5, 5.41) is 0. The number of nitrogens with two attached hydrogens (primary N) is 1. The molecule has 0 spiro atoms. The van der Waals surface area contributed by atoms with Crippen molar-refractivity contribution in [2.24, 2.45) is 5.73 Å². The van der Waals surface area contributed by atoms with Gasteiger partial charge in [-0.3, -0.25) is 14.9 Å².